The van der Waals surface area contributed by atoms with Gasteiger partial charge in [-0.3, -0.25) is 4.79 Å². The maximum atomic E-state index is 12.4. The molecule has 1 amide bonds. The number of hydrogen-bond acceptors (Lipinski definition) is 4. The molecule has 5 nitrogen and oxygen atoms in total. The topological polar surface area (TPSA) is 58.4 Å². The van der Waals surface area contributed by atoms with Gasteiger partial charge in [0.15, 0.2) is 5.58 Å². The maximum Gasteiger partial charge on any atom is 0.223 e. The molecule has 0 bridgehead atoms. The van der Waals surface area contributed by atoms with E-state index in [-0.39, 0.29) is 5.92 Å². The summed E-state index contributed by atoms with van der Waals surface area (Å²) in [5.41, 5.74) is 3.27. The van der Waals surface area contributed by atoms with Gasteiger partial charge < -0.3 is 14.7 Å². The quantitative estimate of drug-likeness (QED) is 0.815. The van der Waals surface area contributed by atoms with Gasteiger partial charge in [0, 0.05) is 23.3 Å². The molecule has 3 unspecified atom stereocenters. The monoisotopic (exact) mass is 395 g/mol. The SMILES string of the molecule is Cc1ccc2c(C3CCN(CCCC4C(=O)NC5CCCCC54)CC3)noc2c1. The van der Waals surface area contributed by atoms with Crippen molar-refractivity contribution >= 4 is 16.9 Å². The van der Waals surface area contributed by atoms with Crippen LogP contribution in [0.3, 0.4) is 0 Å². The van der Waals surface area contributed by atoms with Crippen LogP contribution in [-0.4, -0.2) is 41.6 Å². The summed E-state index contributed by atoms with van der Waals surface area (Å²) in [7, 11) is 0. The van der Waals surface area contributed by atoms with E-state index in [9.17, 15) is 4.79 Å². The summed E-state index contributed by atoms with van der Waals surface area (Å²) >= 11 is 0. The number of hydrogen-bond donors (Lipinski definition) is 1. The van der Waals surface area contributed by atoms with Gasteiger partial charge in [-0.15, -0.1) is 0 Å². The largest absolute Gasteiger partial charge is 0.356 e. The lowest BCUT2D eigenvalue weighted by Crippen LogP contribution is -2.34. The summed E-state index contributed by atoms with van der Waals surface area (Å²) in [5.74, 6) is 1.70. The minimum Gasteiger partial charge on any atom is -0.356 e. The van der Waals surface area contributed by atoms with Crippen LogP contribution in [0.4, 0.5) is 0 Å². The molecule has 1 N–H and O–H groups in total. The Labute approximate surface area is 173 Å². The average molecular weight is 396 g/mol. The lowest BCUT2D eigenvalue weighted by atomic mass is 9.78. The lowest BCUT2D eigenvalue weighted by Gasteiger charge is -2.32. The number of amides is 1. The third-order valence-electron chi connectivity index (χ3n) is 7.62. The van der Waals surface area contributed by atoms with Gasteiger partial charge in [0.25, 0.3) is 0 Å². The maximum absolute atomic E-state index is 12.4. The second-order valence-corrected chi connectivity index (χ2v) is 9.50. The normalized spacial score (nSPS) is 28.6. The fourth-order valence-electron chi connectivity index (χ4n) is 5.97. The number of rotatable bonds is 5. The van der Waals surface area contributed by atoms with Crippen LogP contribution >= 0.6 is 0 Å². The van der Waals surface area contributed by atoms with E-state index in [1.807, 2.05) is 0 Å². The summed E-state index contributed by atoms with van der Waals surface area (Å²) in [5, 5.41) is 8.86. The number of nitrogens with zero attached hydrogens (tertiary/aromatic N) is 2. The van der Waals surface area contributed by atoms with Crippen LogP contribution in [-0.2, 0) is 4.79 Å². The number of aryl methyl sites for hydroxylation is 1. The van der Waals surface area contributed by atoms with Gasteiger partial charge in [0.2, 0.25) is 5.91 Å². The van der Waals surface area contributed by atoms with Crippen molar-refractivity contribution in [1.29, 1.82) is 0 Å². The molecule has 29 heavy (non-hydrogen) atoms. The number of carbonyl (C=O) groups excluding carboxylic acids is 1. The predicted octanol–water partition coefficient (Wildman–Crippen LogP) is 4.40. The van der Waals surface area contributed by atoms with Crippen LogP contribution in [0.25, 0.3) is 11.0 Å². The summed E-state index contributed by atoms with van der Waals surface area (Å²) in [4.78, 5) is 15.0. The Hall–Kier alpha value is -1.88. The van der Waals surface area contributed by atoms with Gasteiger partial charge in [0.05, 0.1) is 5.69 Å². The summed E-state index contributed by atoms with van der Waals surface area (Å²) < 4.78 is 5.58. The average Bonchev–Trinajstić information content (AvgIpc) is 3.29. The van der Waals surface area contributed by atoms with Gasteiger partial charge in [0.1, 0.15) is 0 Å². The zero-order valence-electron chi connectivity index (χ0n) is 17.5. The van der Waals surface area contributed by atoms with Gasteiger partial charge in [-0.05, 0) is 88.7 Å². The van der Waals surface area contributed by atoms with Gasteiger partial charge in [-0.25, -0.2) is 0 Å². The summed E-state index contributed by atoms with van der Waals surface area (Å²) in [6.45, 7) is 5.44. The predicted molar refractivity (Wildman–Crippen MR) is 114 cm³/mol. The lowest BCUT2D eigenvalue weighted by molar-refractivity contribution is -0.123. The van der Waals surface area contributed by atoms with Crippen LogP contribution in [0.1, 0.15) is 68.5 Å². The molecule has 2 saturated heterocycles. The molecule has 3 fully saturated rings. The van der Waals surface area contributed by atoms with Crippen LogP contribution in [0.15, 0.2) is 22.7 Å². The Morgan fingerprint density at radius 3 is 2.86 bits per heavy atom. The first kappa shape index (κ1) is 19.1. The molecule has 1 aromatic heterocycles. The molecule has 156 valence electrons. The molecule has 1 aromatic carbocycles. The Balaban J connectivity index is 1.11. The smallest absolute Gasteiger partial charge is 0.223 e. The molecule has 5 rings (SSSR count). The highest BCUT2D eigenvalue weighted by Crippen LogP contribution is 2.38. The third kappa shape index (κ3) is 3.81. The summed E-state index contributed by atoms with van der Waals surface area (Å²) in [6, 6.07) is 6.86. The van der Waals surface area contributed by atoms with Gasteiger partial charge in [-0.2, -0.15) is 0 Å². The number of fused-ring (bicyclic) bond motifs is 2. The molecule has 5 heteroatoms. The number of aromatic nitrogens is 1. The highest BCUT2D eigenvalue weighted by molar-refractivity contribution is 5.82. The van der Waals surface area contributed by atoms with E-state index in [4.69, 9.17) is 4.52 Å². The van der Waals surface area contributed by atoms with Crippen LogP contribution < -0.4 is 5.32 Å². The van der Waals surface area contributed by atoms with E-state index >= 15 is 0 Å². The minimum atomic E-state index is 0.266. The molecular weight excluding hydrogens is 362 g/mol. The van der Waals surface area contributed by atoms with Crippen molar-refractivity contribution in [3.05, 3.63) is 29.5 Å². The molecule has 3 atom stereocenters. The van der Waals surface area contributed by atoms with Crippen molar-refractivity contribution in [3.63, 3.8) is 0 Å². The third-order valence-corrected chi connectivity index (χ3v) is 7.62. The Morgan fingerprint density at radius 2 is 2.00 bits per heavy atom. The van der Waals surface area contributed by atoms with E-state index in [0.717, 1.165) is 56.6 Å². The number of likely N-dealkylation sites (tertiary alicyclic amines) is 1. The first-order valence-corrected chi connectivity index (χ1v) is 11.6. The first-order chi connectivity index (χ1) is 14.2. The van der Waals surface area contributed by atoms with Gasteiger partial charge >= 0.3 is 0 Å². The standard InChI is InChI=1S/C24H33N3O2/c1-16-8-9-20-22(15-16)29-26-23(20)17-10-13-27(14-11-17)12-4-6-19-18-5-2-3-7-21(18)25-24(19)28/h8-9,15,17-19,21H,2-7,10-14H2,1H3,(H,25,28). The Kier molecular flexibility index (Phi) is 5.33. The Morgan fingerprint density at radius 1 is 1.17 bits per heavy atom. The van der Waals surface area contributed by atoms with Crippen molar-refractivity contribution < 1.29 is 9.32 Å². The second-order valence-electron chi connectivity index (χ2n) is 9.50. The zero-order valence-corrected chi connectivity index (χ0v) is 17.5. The van der Waals surface area contributed by atoms with Gasteiger partial charge in [-0.1, -0.05) is 24.1 Å². The van der Waals surface area contributed by atoms with Crippen LogP contribution in [0.2, 0.25) is 0 Å². The molecule has 1 aliphatic carbocycles. The minimum absolute atomic E-state index is 0.266. The van der Waals surface area contributed by atoms with E-state index in [2.05, 4.69) is 40.5 Å². The summed E-state index contributed by atoms with van der Waals surface area (Å²) in [6.07, 6.45) is 9.49. The molecule has 2 aliphatic heterocycles. The zero-order chi connectivity index (χ0) is 19.8. The highest BCUT2D eigenvalue weighted by atomic mass is 16.5. The number of piperidine rings is 1. The molecule has 2 aromatic rings. The van der Waals surface area contributed by atoms with Crippen molar-refractivity contribution in [3.8, 4) is 0 Å². The van der Waals surface area contributed by atoms with Crippen LogP contribution in [0, 0.1) is 18.8 Å². The van der Waals surface area contributed by atoms with Crippen molar-refractivity contribution in [1.82, 2.24) is 15.4 Å². The molecule has 3 heterocycles. The molecule has 0 radical (unpaired) electrons. The molecule has 0 spiro atoms. The van der Waals surface area contributed by atoms with E-state index in [0.29, 0.717) is 23.8 Å². The van der Waals surface area contributed by atoms with E-state index in [1.54, 1.807) is 0 Å². The van der Waals surface area contributed by atoms with E-state index in [1.165, 1.54) is 36.6 Å². The van der Waals surface area contributed by atoms with Crippen LogP contribution in [0.5, 0.6) is 0 Å². The highest BCUT2D eigenvalue weighted by Gasteiger charge is 2.42. The second kappa shape index (κ2) is 8.10. The number of carbonyl (C=O) groups is 1. The van der Waals surface area contributed by atoms with Crippen molar-refractivity contribution in [2.45, 2.75) is 70.3 Å². The van der Waals surface area contributed by atoms with Crippen molar-refractivity contribution in [2.24, 2.45) is 11.8 Å². The fourth-order valence-corrected chi connectivity index (χ4v) is 5.97. The fraction of sp³-hybridized carbons (Fsp3) is 0.667. The molecular formula is C24H33N3O2. The van der Waals surface area contributed by atoms with E-state index < -0.39 is 0 Å². The number of benzene rings is 1. The number of nitrogens with one attached hydrogen (secondary N) is 1. The molecule has 1 saturated carbocycles. The first-order valence-electron chi connectivity index (χ1n) is 11.6. The van der Waals surface area contributed by atoms with Crippen molar-refractivity contribution in [2.75, 3.05) is 19.6 Å². The molecule has 3 aliphatic rings. The Bertz CT molecular complexity index is 868.